The lowest BCUT2D eigenvalue weighted by atomic mass is 10.1. The first kappa shape index (κ1) is 10.5. The molecule has 15 heavy (non-hydrogen) atoms. The van der Waals surface area contributed by atoms with Crippen molar-refractivity contribution in [1.29, 1.82) is 0 Å². The summed E-state index contributed by atoms with van der Waals surface area (Å²) in [6.45, 7) is 3.98. The van der Waals surface area contributed by atoms with E-state index in [0.29, 0.717) is 0 Å². The first-order valence-electron chi connectivity index (χ1n) is 5.71. The number of aryl methyl sites for hydroxylation is 2. The Labute approximate surface area is 91.4 Å². The van der Waals surface area contributed by atoms with Gasteiger partial charge in [-0.05, 0) is 56.4 Å². The molecule has 2 nitrogen and oxygen atoms in total. The van der Waals surface area contributed by atoms with Crippen molar-refractivity contribution in [1.82, 2.24) is 0 Å². The van der Waals surface area contributed by atoms with E-state index >= 15 is 0 Å². The van der Waals surface area contributed by atoms with Gasteiger partial charge in [0.15, 0.2) is 0 Å². The maximum absolute atomic E-state index is 5.78. The highest BCUT2D eigenvalue weighted by Gasteiger charge is 2.13. The molecular weight excluding hydrogens is 186 g/mol. The third-order valence-electron chi connectivity index (χ3n) is 3.13. The molecule has 0 aromatic heterocycles. The third-order valence-corrected chi connectivity index (χ3v) is 3.13. The van der Waals surface area contributed by atoms with Gasteiger partial charge in [0.2, 0.25) is 0 Å². The molecule has 0 fully saturated rings. The van der Waals surface area contributed by atoms with Gasteiger partial charge in [-0.3, -0.25) is 0 Å². The van der Waals surface area contributed by atoms with Crippen LogP contribution in [-0.2, 0) is 12.8 Å². The van der Waals surface area contributed by atoms with E-state index in [2.05, 4.69) is 18.2 Å². The number of nitrogens with two attached hydrogens (primary N) is 1. The van der Waals surface area contributed by atoms with Gasteiger partial charge < -0.3 is 10.5 Å². The summed E-state index contributed by atoms with van der Waals surface area (Å²) in [5, 5.41) is 0. The lowest BCUT2D eigenvalue weighted by Gasteiger charge is -2.18. The Morgan fingerprint density at radius 1 is 1.20 bits per heavy atom. The molecule has 2 rings (SSSR count). The van der Waals surface area contributed by atoms with Crippen LogP contribution in [0.15, 0.2) is 18.2 Å². The summed E-state index contributed by atoms with van der Waals surface area (Å²) in [5.41, 5.74) is 8.70. The molecule has 2 heteroatoms. The zero-order valence-electron chi connectivity index (χ0n) is 9.49. The van der Waals surface area contributed by atoms with Crippen molar-refractivity contribution in [2.75, 3.05) is 0 Å². The molecule has 0 heterocycles. The Kier molecular flexibility index (Phi) is 2.96. The first-order chi connectivity index (χ1) is 7.16. The van der Waals surface area contributed by atoms with E-state index in [4.69, 9.17) is 10.5 Å². The number of rotatable bonds is 3. The molecule has 0 bridgehead atoms. The number of hydrogen-bond acceptors (Lipinski definition) is 2. The second-order valence-electron chi connectivity index (χ2n) is 4.47. The fourth-order valence-corrected chi connectivity index (χ4v) is 1.94. The van der Waals surface area contributed by atoms with Crippen LogP contribution in [0, 0.1) is 0 Å². The predicted octanol–water partition coefficient (Wildman–Crippen LogP) is 2.29. The molecule has 0 spiro atoms. The largest absolute Gasteiger partial charge is 0.489 e. The van der Waals surface area contributed by atoms with Crippen LogP contribution >= 0.6 is 0 Å². The summed E-state index contributed by atoms with van der Waals surface area (Å²) >= 11 is 0. The van der Waals surface area contributed by atoms with Crippen molar-refractivity contribution in [2.45, 2.75) is 45.3 Å². The zero-order valence-corrected chi connectivity index (χ0v) is 9.49. The highest BCUT2D eigenvalue weighted by Crippen LogP contribution is 2.26. The smallest absolute Gasteiger partial charge is 0.120 e. The molecule has 0 amide bonds. The van der Waals surface area contributed by atoms with Gasteiger partial charge in [-0.2, -0.15) is 0 Å². The van der Waals surface area contributed by atoms with E-state index in [-0.39, 0.29) is 12.1 Å². The van der Waals surface area contributed by atoms with Crippen molar-refractivity contribution < 1.29 is 4.74 Å². The van der Waals surface area contributed by atoms with Gasteiger partial charge in [-0.1, -0.05) is 6.07 Å². The summed E-state index contributed by atoms with van der Waals surface area (Å²) in [6, 6.07) is 6.48. The highest BCUT2D eigenvalue weighted by atomic mass is 16.5. The van der Waals surface area contributed by atoms with E-state index in [0.717, 1.165) is 5.75 Å². The van der Waals surface area contributed by atoms with Crippen LogP contribution in [0.25, 0.3) is 0 Å². The molecule has 1 aromatic rings. The van der Waals surface area contributed by atoms with Gasteiger partial charge in [0, 0.05) is 6.04 Å². The van der Waals surface area contributed by atoms with Gasteiger partial charge in [0.05, 0.1) is 0 Å². The van der Waals surface area contributed by atoms with Gasteiger partial charge >= 0.3 is 0 Å². The Bertz CT molecular complexity index is 346. The lowest BCUT2D eigenvalue weighted by molar-refractivity contribution is 0.196. The van der Waals surface area contributed by atoms with Crippen LogP contribution in [0.1, 0.15) is 31.4 Å². The van der Waals surface area contributed by atoms with E-state index in [1.165, 1.54) is 30.4 Å². The summed E-state index contributed by atoms with van der Waals surface area (Å²) < 4.78 is 5.78. The predicted molar refractivity (Wildman–Crippen MR) is 62.2 cm³/mol. The van der Waals surface area contributed by atoms with Gasteiger partial charge in [0.25, 0.3) is 0 Å². The van der Waals surface area contributed by atoms with E-state index in [9.17, 15) is 0 Å². The molecule has 2 atom stereocenters. The van der Waals surface area contributed by atoms with Crippen molar-refractivity contribution in [3.05, 3.63) is 29.3 Å². The molecule has 1 aromatic carbocycles. The topological polar surface area (TPSA) is 35.2 Å². The summed E-state index contributed by atoms with van der Waals surface area (Å²) in [4.78, 5) is 0. The summed E-state index contributed by atoms with van der Waals surface area (Å²) in [7, 11) is 0. The average molecular weight is 205 g/mol. The average Bonchev–Trinajstić information content (AvgIpc) is 2.64. The minimum Gasteiger partial charge on any atom is -0.489 e. The van der Waals surface area contributed by atoms with Gasteiger partial charge in [-0.15, -0.1) is 0 Å². The number of hydrogen-bond donors (Lipinski definition) is 1. The minimum absolute atomic E-state index is 0.0678. The lowest BCUT2D eigenvalue weighted by Crippen LogP contribution is -2.33. The van der Waals surface area contributed by atoms with Gasteiger partial charge in [-0.25, -0.2) is 0 Å². The highest BCUT2D eigenvalue weighted by molar-refractivity contribution is 5.38. The first-order valence-corrected chi connectivity index (χ1v) is 5.71. The maximum atomic E-state index is 5.78. The standard InChI is InChI=1S/C13H19NO/c1-9(14)10(2)15-13-7-6-11-4-3-5-12(11)8-13/h6-10H,3-5,14H2,1-2H3/t9-,10?/m0/s1. The molecule has 0 aliphatic heterocycles. The Morgan fingerprint density at radius 2 is 1.93 bits per heavy atom. The number of fused-ring (bicyclic) bond motifs is 1. The van der Waals surface area contributed by atoms with Crippen molar-refractivity contribution >= 4 is 0 Å². The molecule has 0 saturated heterocycles. The Balaban J connectivity index is 2.10. The molecule has 1 unspecified atom stereocenters. The van der Waals surface area contributed by atoms with Crippen LogP contribution in [0.5, 0.6) is 5.75 Å². The van der Waals surface area contributed by atoms with Crippen molar-refractivity contribution in [3.63, 3.8) is 0 Å². The second kappa shape index (κ2) is 4.23. The number of benzene rings is 1. The van der Waals surface area contributed by atoms with Crippen molar-refractivity contribution in [3.8, 4) is 5.75 Å². The van der Waals surface area contributed by atoms with Crippen LogP contribution in [0.4, 0.5) is 0 Å². The zero-order chi connectivity index (χ0) is 10.8. The fourth-order valence-electron chi connectivity index (χ4n) is 1.94. The van der Waals surface area contributed by atoms with Crippen LogP contribution < -0.4 is 10.5 Å². The van der Waals surface area contributed by atoms with E-state index in [1.54, 1.807) is 0 Å². The monoisotopic (exact) mass is 205 g/mol. The fraction of sp³-hybridized carbons (Fsp3) is 0.538. The maximum Gasteiger partial charge on any atom is 0.120 e. The molecule has 2 N–H and O–H groups in total. The molecular formula is C13H19NO. The van der Waals surface area contributed by atoms with E-state index < -0.39 is 0 Å². The molecule has 1 aliphatic carbocycles. The quantitative estimate of drug-likeness (QED) is 0.821. The molecule has 0 radical (unpaired) electrons. The third kappa shape index (κ3) is 2.32. The minimum atomic E-state index is 0.0678. The number of ether oxygens (including phenoxy) is 1. The molecule has 0 saturated carbocycles. The normalized spacial score (nSPS) is 18.3. The molecule has 82 valence electrons. The van der Waals surface area contributed by atoms with Crippen LogP contribution in [0.3, 0.4) is 0 Å². The second-order valence-corrected chi connectivity index (χ2v) is 4.47. The Hall–Kier alpha value is -1.02. The van der Waals surface area contributed by atoms with Crippen molar-refractivity contribution in [2.24, 2.45) is 5.73 Å². The summed E-state index contributed by atoms with van der Waals surface area (Å²) in [5.74, 6) is 0.959. The van der Waals surface area contributed by atoms with Crippen LogP contribution in [-0.4, -0.2) is 12.1 Å². The van der Waals surface area contributed by atoms with E-state index in [1.807, 2.05) is 13.8 Å². The van der Waals surface area contributed by atoms with Gasteiger partial charge in [0.1, 0.15) is 11.9 Å². The SMILES string of the molecule is CC(Oc1ccc2c(c1)CCC2)[C@H](C)N. The summed E-state index contributed by atoms with van der Waals surface area (Å²) in [6.07, 6.45) is 3.77. The molecule has 1 aliphatic rings. The Morgan fingerprint density at radius 3 is 2.67 bits per heavy atom. The van der Waals surface area contributed by atoms with Crippen LogP contribution in [0.2, 0.25) is 0 Å².